The van der Waals surface area contributed by atoms with Crippen LogP contribution in [0, 0.1) is 11.7 Å². The number of hydrogen-bond acceptors (Lipinski definition) is 3. The summed E-state index contributed by atoms with van der Waals surface area (Å²) < 4.78 is 20.4. The summed E-state index contributed by atoms with van der Waals surface area (Å²) >= 11 is 0. The Balaban J connectivity index is 1.44. The molecule has 1 saturated carbocycles. The van der Waals surface area contributed by atoms with Crippen molar-refractivity contribution in [2.45, 2.75) is 56.8 Å². The van der Waals surface area contributed by atoms with Gasteiger partial charge in [0.05, 0.1) is 18.3 Å². The Hall–Kier alpha value is -2.53. The minimum atomic E-state index is -0.973. The molecule has 1 N–H and O–H groups in total. The van der Waals surface area contributed by atoms with Crippen LogP contribution in [0.4, 0.5) is 4.39 Å². The first-order chi connectivity index (χ1) is 17.1. The molecule has 35 heavy (non-hydrogen) atoms. The molecule has 0 radical (unpaired) electrons. The predicted molar refractivity (Wildman–Crippen MR) is 139 cm³/mol. The number of morpholine rings is 1. The van der Waals surface area contributed by atoms with Crippen LogP contribution in [0.5, 0.6) is 0 Å². The van der Waals surface area contributed by atoms with Crippen LogP contribution in [-0.4, -0.2) is 41.4 Å². The van der Waals surface area contributed by atoms with Gasteiger partial charge in [0.15, 0.2) is 0 Å². The van der Waals surface area contributed by atoms with E-state index >= 15 is 0 Å². The largest absolute Gasteiger partial charge is 0.386 e. The fourth-order valence-electron chi connectivity index (χ4n) is 6.03. The second-order valence-electron chi connectivity index (χ2n) is 10.3. The first-order valence-corrected chi connectivity index (χ1v) is 13.1. The van der Waals surface area contributed by atoms with E-state index in [-0.39, 0.29) is 17.8 Å². The summed E-state index contributed by atoms with van der Waals surface area (Å²) in [5, 5.41) is 12.5. The first kappa shape index (κ1) is 24.2. The minimum absolute atomic E-state index is 0.193. The third-order valence-corrected chi connectivity index (χ3v) is 7.90. The number of aliphatic hydroxyl groups is 1. The lowest BCUT2D eigenvalue weighted by molar-refractivity contribution is -0.173. The topological polar surface area (TPSA) is 32.7 Å². The fourth-order valence-corrected chi connectivity index (χ4v) is 6.03. The van der Waals surface area contributed by atoms with E-state index < -0.39 is 5.60 Å². The second-order valence-corrected chi connectivity index (χ2v) is 10.3. The first-order valence-electron chi connectivity index (χ1n) is 13.1. The minimum Gasteiger partial charge on any atom is -0.386 e. The molecular weight excluding hydrogens is 437 g/mol. The second kappa shape index (κ2) is 11.0. The Morgan fingerprint density at radius 3 is 2.49 bits per heavy atom. The van der Waals surface area contributed by atoms with E-state index in [1.165, 1.54) is 18.1 Å². The van der Waals surface area contributed by atoms with Crippen LogP contribution in [0.1, 0.15) is 43.2 Å². The Bertz CT molecular complexity index is 1100. The highest BCUT2D eigenvalue weighted by Gasteiger charge is 2.46. The van der Waals surface area contributed by atoms with Gasteiger partial charge in [-0.25, -0.2) is 4.39 Å². The number of benzene rings is 3. The smallest absolute Gasteiger partial charge is 0.123 e. The van der Waals surface area contributed by atoms with Crippen LogP contribution in [-0.2, 0) is 17.7 Å². The Morgan fingerprint density at radius 1 is 0.914 bits per heavy atom. The van der Waals surface area contributed by atoms with Crippen LogP contribution in [0.2, 0.25) is 0 Å². The van der Waals surface area contributed by atoms with Crippen LogP contribution in [0.3, 0.4) is 0 Å². The molecule has 3 aromatic rings. The molecule has 1 aliphatic carbocycles. The van der Waals surface area contributed by atoms with Gasteiger partial charge in [0.25, 0.3) is 0 Å². The lowest BCUT2D eigenvalue weighted by Crippen LogP contribution is -2.59. The molecular formula is C31H36FNO2. The maximum atomic E-state index is 14.1. The van der Waals surface area contributed by atoms with E-state index in [0.717, 1.165) is 55.5 Å². The van der Waals surface area contributed by atoms with E-state index in [9.17, 15) is 9.50 Å². The van der Waals surface area contributed by atoms with Crippen molar-refractivity contribution in [3.8, 4) is 11.1 Å². The molecule has 3 nitrogen and oxygen atoms in total. The van der Waals surface area contributed by atoms with Crippen LogP contribution in [0.15, 0.2) is 78.9 Å². The molecule has 1 aliphatic heterocycles. The van der Waals surface area contributed by atoms with Crippen molar-refractivity contribution in [2.75, 3.05) is 19.7 Å². The van der Waals surface area contributed by atoms with Gasteiger partial charge >= 0.3 is 0 Å². The van der Waals surface area contributed by atoms with Crippen molar-refractivity contribution in [3.05, 3.63) is 95.8 Å². The summed E-state index contributed by atoms with van der Waals surface area (Å²) in [5.41, 5.74) is 3.19. The van der Waals surface area contributed by atoms with E-state index in [1.54, 1.807) is 12.1 Å². The van der Waals surface area contributed by atoms with Gasteiger partial charge in [-0.2, -0.15) is 0 Å². The average Bonchev–Trinajstić information content (AvgIpc) is 2.90. The van der Waals surface area contributed by atoms with Crippen molar-refractivity contribution in [1.29, 1.82) is 0 Å². The quantitative estimate of drug-likeness (QED) is 0.440. The number of rotatable bonds is 7. The van der Waals surface area contributed by atoms with Crippen molar-refractivity contribution in [3.63, 3.8) is 0 Å². The molecule has 1 heterocycles. The summed E-state index contributed by atoms with van der Waals surface area (Å²) in [6.07, 6.45) is 5.84. The molecule has 0 aromatic heterocycles. The molecule has 0 bridgehead atoms. The molecule has 2 fully saturated rings. The standard InChI is InChI=1S/C31H36FNO2/c32-28-16-9-13-25(20-28)29-17-8-7-12-26(29)21-31(34,27-14-5-2-6-15-27)30-23-33(18-19-35-30)22-24-10-3-1-4-11-24/h1,3-4,7-13,16-17,20,27,30,34H,2,5-6,14-15,18-19,21-23H2. The molecule has 1 saturated heterocycles. The van der Waals surface area contributed by atoms with Gasteiger partial charge in [-0.3, -0.25) is 4.90 Å². The van der Waals surface area contributed by atoms with Crippen molar-refractivity contribution in [2.24, 2.45) is 5.92 Å². The van der Waals surface area contributed by atoms with Crippen molar-refractivity contribution < 1.29 is 14.2 Å². The van der Waals surface area contributed by atoms with Gasteiger partial charge in [0, 0.05) is 26.1 Å². The zero-order valence-corrected chi connectivity index (χ0v) is 20.4. The zero-order valence-electron chi connectivity index (χ0n) is 20.4. The van der Waals surface area contributed by atoms with Crippen LogP contribution < -0.4 is 0 Å². The van der Waals surface area contributed by atoms with Crippen LogP contribution in [0.25, 0.3) is 11.1 Å². The summed E-state index contributed by atoms with van der Waals surface area (Å²) in [6, 6.07) is 25.4. The average molecular weight is 474 g/mol. The number of hydrogen-bond donors (Lipinski definition) is 1. The highest BCUT2D eigenvalue weighted by atomic mass is 19.1. The maximum Gasteiger partial charge on any atom is 0.123 e. The third kappa shape index (κ3) is 5.66. The molecule has 184 valence electrons. The van der Waals surface area contributed by atoms with Gasteiger partial charge in [-0.1, -0.05) is 86.0 Å². The summed E-state index contributed by atoms with van der Waals surface area (Å²) in [5.74, 6) is -0.0505. The summed E-state index contributed by atoms with van der Waals surface area (Å²) in [7, 11) is 0. The van der Waals surface area contributed by atoms with E-state index in [0.29, 0.717) is 19.6 Å². The molecule has 3 aromatic carbocycles. The SMILES string of the molecule is OC(Cc1ccccc1-c1cccc(F)c1)(C1CCCCC1)C1CN(Cc2ccccc2)CCO1. The summed E-state index contributed by atoms with van der Waals surface area (Å²) in [4.78, 5) is 2.41. The third-order valence-electron chi connectivity index (χ3n) is 7.90. The molecule has 0 spiro atoms. The Labute approximate surface area is 208 Å². The molecule has 2 atom stereocenters. The van der Waals surface area contributed by atoms with Gasteiger partial charge in [-0.15, -0.1) is 0 Å². The van der Waals surface area contributed by atoms with Gasteiger partial charge in [-0.05, 0) is 53.1 Å². The molecule has 5 rings (SSSR count). The number of nitrogens with zero attached hydrogens (tertiary/aromatic N) is 1. The summed E-state index contributed by atoms with van der Waals surface area (Å²) in [6.45, 7) is 3.06. The number of halogens is 1. The maximum absolute atomic E-state index is 14.1. The van der Waals surface area contributed by atoms with Crippen molar-refractivity contribution >= 4 is 0 Å². The van der Waals surface area contributed by atoms with E-state index in [4.69, 9.17) is 4.74 Å². The highest BCUT2D eigenvalue weighted by molar-refractivity contribution is 5.67. The monoisotopic (exact) mass is 473 g/mol. The number of ether oxygens (including phenoxy) is 1. The highest BCUT2D eigenvalue weighted by Crippen LogP contribution is 2.40. The molecule has 2 unspecified atom stereocenters. The van der Waals surface area contributed by atoms with Gasteiger partial charge < -0.3 is 9.84 Å². The lowest BCUT2D eigenvalue weighted by atomic mass is 9.70. The van der Waals surface area contributed by atoms with Crippen molar-refractivity contribution in [1.82, 2.24) is 4.90 Å². The van der Waals surface area contributed by atoms with Gasteiger partial charge in [0.2, 0.25) is 0 Å². The van der Waals surface area contributed by atoms with Gasteiger partial charge in [0.1, 0.15) is 5.82 Å². The fraction of sp³-hybridized carbons (Fsp3) is 0.419. The predicted octanol–water partition coefficient (Wildman–Crippen LogP) is 6.25. The molecule has 0 amide bonds. The lowest BCUT2D eigenvalue weighted by Gasteiger charge is -2.47. The zero-order chi connectivity index (χ0) is 24.1. The Morgan fingerprint density at radius 2 is 1.69 bits per heavy atom. The normalized spacial score (nSPS) is 21.5. The molecule has 4 heteroatoms. The van der Waals surface area contributed by atoms with Crippen LogP contribution >= 0.6 is 0 Å². The van der Waals surface area contributed by atoms with E-state index in [1.807, 2.05) is 30.3 Å². The Kier molecular flexibility index (Phi) is 7.62. The molecule has 2 aliphatic rings. The van der Waals surface area contributed by atoms with E-state index in [2.05, 4.69) is 35.2 Å².